The van der Waals surface area contributed by atoms with Gasteiger partial charge in [0.05, 0.1) is 5.69 Å². The number of carbonyl (C=O) groups excluding carboxylic acids is 1. The van der Waals surface area contributed by atoms with Gasteiger partial charge in [0.1, 0.15) is 23.5 Å². The zero-order chi connectivity index (χ0) is 19.0. The second-order valence-corrected chi connectivity index (χ2v) is 7.89. The number of carbonyl (C=O) groups is 1. The number of piperidine rings is 1. The van der Waals surface area contributed by atoms with E-state index in [-0.39, 0.29) is 5.91 Å². The first-order chi connectivity index (χ1) is 13.0. The first-order valence-electron chi connectivity index (χ1n) is 9.91. The van der Waals surface area contributed by atoms with E-state index >= 15 is 0 Å². The molecule has 0 unspecified atom stereocenters. The molecule has 4 heterocycles. The monoisotopic (exact) mass is 372 g/mol. The standard InChI is InChI=1S/C19H28N6O2/c1-13(2)23-9-6-17-20-21-18(25(17)11-10-23)15-4-7-24(8-5-15)19(26)16-12-27-22-14(16)3/h12-13,15H,4-11H2,1-3H3. The van der Waals surface area contributed by atoms with Crippen LogP contribution < -0.4 is 0 Å². The number of hydrogen-bond donors (Lipinski definition) is 0. The van der Waals surface area contributed by atoms with E-state index in [1.165, 1.54) is 6.26 Å². The molecule has 8 heteroatoms. The van der Waals surface area contributed by atoms with E-state index in [0.29, 0.717) is 23.2 Å². The Labute approximate surface area is 159 Å². The SMILES string of the molecule is Cc1nocc1C(=O)N1CCC(c2nnc3n2CCN(C(C)C)CC3)CC1. The van der Waals surface area contributed by atoms with Gasteiger partial charge in [0.2, 0.25) is 0 Å². The van der Waals surface area contributed by atoms with Crippen molar-refractivity contribution in [3.63, 3.8) is 0 Å². The third kappa shape index (κ3) is 3.50. The van der Waals surface area contributed by atoms with Gasteiger partial charge in [0.25, 0.3) is 5.91 Å². The Morgan fingerprint density at radius 1 is 1.15 bits per heavy atom. The zero-order valence-corrected chi connectivity index (χ0v) is 16.4. The molecule has 2 aliphatic heterocycles. The highest BCUT2D eigenvalue weighted by Crippen LogP contribution is 2.29. The molecule has 0 saturated carbocycles. The second-order valence-electron chi connectivity index (χ2n) is 7.89. The maximum Gasteiger partial charge on any atom is 0.259 e. The Balaban J connectivity index is 1.42. The molecule has 0 N–H and O–H groups in total. The van der Waals surface area contributed by atoms with Gasteiger partial charge >= 0.3 is 0 Å². The Hall–Kier alpha value is -2.22. The van der Waals surface area contributed by atoms with Crippen LogP contribution in [-0.4, -0.2) is 67.8 Å². The van der Waals surface area contributed by atoms with Crippen LogP contribution in [0.15, 0.2) is 10.8 Å². The van der Waals surface area contributed by atoms with E-state index in [9.17, 15) is 4.79 Å². The van der Waals surface area contributed by atoms with Gasteiger partial charge in [-0.3, -0.25) is 9.69 Å². The minimum absolute atomic E-state index is 0.0137. The van der Waals surface area contributed by atoms with Crippen LogP contribution in [-0.2, 0) is 13.0 Å². The van der Waals surface area contributed by atoms with Gasteiger partial charge in [0, 0.05) is 51.1 Å². The van der Waals surface area contributed by atoms with E-state index in [1.807, 2.05) is 4.90 Å². The molecule has 0 bridgehead atoms. The fourth-order valence-electron chi connectivity index (χ4n) is 4.19. The summed E-state index contributed by atoms with van der Waals surface area (Å²) >= 11 is 0. The lowest BCUT2D eigenvalue weighted by atomic mass is 9.95. The van der Waals surface area contributed by atoms with Gasteiger partial charge in [-0.1, -0.05) is 5.16 Å². The molecule has 2 aromatic rings. The zero-order valence-electron chi connectivity index (χ0n) is 16.4. The molecule has 0 spiro atoms. The van der Waals surface area contributed by atoms with Crippen molar-refractivity contribution < 1.29 is 9.32 Å². The van der Waals surface area contributed by atoms with Crippen molar-refractivity contribution in [3.8, 4) is 0 Å². The van der Waals surface area contributed by atoms with Gasteiger partial charge in [-0.25, -0.2) is 0 Å². The van der Waals surface area contributed by atoms with Crippen LogP contribution in [0.3, 0.4) is 0 Å². The first-order valence-corrected chi connectivity index (χ1v) is 9.91. The quantitative estimate of drug-likeness (QED) is 0.818. The van der Waals surface area contributed by atoms with E-state index in [0.717, 1.165) is 63.6 Å². The smallest absolute Gasteiger partial charge is 0.259 e. The number of rotatable bonds is 3. The number of aryl methyl sites for hydroxylation is 1. The van der Waals surface area contributed by atoms with Gasteiger partial charge < -0.3 is 14.0 Å². The topological polar surface area (TPSA) is 80.3 Å². The van der Waals surface area contributed by atoms with Crippen molar-refractivity contribution in [1.29, 1.82) is 0 Å². The average Bonchev–Trinajstić information content (AvgIpc) is 3.21. The molecule has 2 aliphatic rings. The molecule has 0 aromatic carbocycles. The Morgan fingerprint density at radius 3 is 2.59 bits per heavy atom. The summed E-state index contributed by atoms with van der Waals surface area (Å²) in [4.78, 5) is 17.0. The lowest BCUT2D eigenvalue weighted by Gasteiger charge is -2.31. The molecule has 8 nitrogen and oxygen atoms in total. The maximum absolute atomic E-state index is 12.6. The highest BCUT2D eigenvalue weighted by atomic mass is 16.5. The molecule has 0 radical (unpaired) electrons. The Bertz CT molecular complexity index is 803. The van der Waals surface area contributed by atoms with Gasteiger partial charge in [-0.2, -0.15) is 0 Å². The molecule has 0 atom stereocenters. The molecule has 1 amide bonds. The minimum Gasteiger partial charge on any atom is -0.364 e. The fraction of sp³-hybridized carbons (Fsp3) is 0.684. The number of amides is 1. The highest BCUT2D eigenvalue weighted by molar-refractivity contribution is 5.94. The molecule has 1 fully saturated rings. The van der Waals surface area contributed by atoms with Crippen molar-refractivity contribution >= 4 is 5.91 Å². The van der Waals surface area contributed by atoms with Crippen molar-refractivity contribution in [3.05, 3.63) is 29.2 Å². The van der Waals surface area contributed by atoms with Crippen molar-refractivity contribution in [1.82, 2.24) is 29.7 Å². The summed E-state index contributed by atoms with van der Waals surface area (Å²) in [6.45, 7) is 10.8. The molecule has 4 rings (SSSR count). The molecule has 146 valence electrons. The summed E-state index contributed by atoms with van der Waals surface area (Å²) in [5.74, 6) is 2.58. The Morgan fingerprint density at radius 2 is 1.93 bits per heavy atom. The largest absolute Gasteiger partial charge is 0.364 e. The summed E-state index contributed by atoms with van der Waals surface area (Å²) in [5.41, 5.74) is 1.22. The van der Waals surface area contributed by atoms with Crippen molar-refractivity contribution in [2.75, 3.05) is 26.2 Å². The van der Waals surface area contributed by atoms with Gasteiger partial charge in [-0.05, 0) is 33.6 Å². The summed E-state index contributed by atoms with van der Waals surface area (Å²) < 4.78 is 7.24. The third-order valence-corrected chi connectivity index (χ3v) is 5.95. The van der Waals surface area contributed by atoms with Crippen molar-refractivity contribution in [2.24, 2.45) is 0 Å². The van der Waals surface area contributed by atoms with Crippen LogP contribution in [0.4, 0.5) is 0 Å². The number of fused-ring (bicyclic) bond motifs is 1. The minimum atomic E-state index is 0.0137. The average molecular weight is 372 g/mol. The Kier molecular flexibility index (Phi) is 4.99. The van der Waals surface area contributed by atoms with Crippen molar-refractivity contribution in [2.45, 2.75) is 58.5 Å². The van der Waals surface area contributed by atoms with Crippen LogP contribution in [0.2, 0.25) is 0 Å². The lowest BCUT2D eigenvalue weighted by Crippen LogP contribution is -2.38. The van der Waals surface area contributed by atoms with Crippen LogP contribution in [0.1, 0.15) is 60.3 Å². The normalized spacial score (nSPS) is 19.3. The number of aromatic nitrogens is 4. The van der Waals surface area contributed by atoms with E-state index in [1.54, 1.807) is 6.92 Å². The van der Waals surface area contributed by atoms with E-state index in [2.05, 4.69) is 38.7 Å². The molecule has 0 aliphatic carbocycles. The van der Waals surface area contributed by atoms with Crippen LogP contribution >= 0.6 is 0 Å². The molecule has 1 saturated heterocycles. The lowest BCUT2D eigenvalue weighted by molar-refractivity contribution is 0.0708. The predicted octanol–water partition coefficient (Wildman–Crippen LogP) is 1.86. The third-order valence-electron chi connectivity index (χ3n) is 5.95. The number of hydrogen-bond acceptors (Lipinski definition) is 6. The van der Waals surface area contributed by atoms with Gasteiger partial charge in [-0.15, -0.1) is 10.2 Å². The first kappa shape index (κ1) is 18.2. The molecule has 27 heavy (non-hydrogen) atoms. The van der Waals surface area contributed by atoms with Crippen LogP contribution in [0.25, 0.3) is 0 Å². The fourth-order valence-corrected chi connectivity index (χ4v) is 4.19. The summed E-state index contributed by atoms with van der Waals surface area (Å²) in [7, 11) is 0. The summed E-state index contributed by atoms with van der Waals surface area (Å²) in [6, 6.07) is 0.557. The number of nitrogens with zero attached hydrogens (tertiary/aromatic N) is 6. The highest BCUT2D eigenvalue weighted by Gasteiger charge is 2.30. The maximum atomic E-state index is 12.6. The second kappa shape index (κ2) is 7.42. The van der Waals surface area contributed by atoms with Crippen LogP contribution in [0.5, 0.6) is 0 Å². The summed E-state index contributed by atoms with van der Waals surface area (Å²) in [5, 5.41) is 12.8. The van der Waals surface area contributed by atoms with E-state index in [4.69, 9.17) is 4.52 Å². The van der Waals surface area contributed by atoms with E-state index < -0.39 is 0 Å². The van der Waals surface area contributed by atoms with Gasteiger partial charge in [0.15, 0.2) is 0 Å². The number of likely N-dealkylation sites (tertiary alicyclic amines) is 1. The van der Waals surface area contributed by atoms with Crippen LogP contribution in [0, 0.1) is 6.92 Å². The molecule has 2 aromatic heterocycles. The molecular weight excluding hydrogens is 344 g/mol. The molecular formula is C19H28N6O2. The predicted molar refractivity (Wildman–Crippen MR) is 99.6 cm³/mol. The summed E-state index contributed by atoms with van der Waals surface area (Å²) in [6.07, 6.45) is 4.24.